The third-order valence-corrected chi connectivity index (χ3v) is 6.57. The average Bonchev–Trinajstić information content (AvgIpc) is 3.30. The van der Waals surface area contributed by atoms with Gasteiger partial charge in [0.05, 0.1) is 17.8 Å². The Kier molecular flexibility index (Phi) is 5.46. The van der Waals surface area contributed by atoms with Crippen molar-refractivity contribution in [3.05, 3.63) is 113 Å². The summed E-state index contributed by atoms with van der Waals surface area (Å²) in [6.07, 6.45) is 1.81. The number of halogens is 1. The molecule has 1 fully saturated rings. The second-order valence-corrected chi connectivity index (χ2v) is 8.86. The van der Waals surface area contributed by atoms with Crippen molar-refractivity contribution >= 4 is 23.0 Å². The molecule has 1 N–H and O–H groups in total. The summed E-state index contributed by atoms with van der Waals surface area (Å²) in [4.78, 5) is 6.84. The molecule has 0 unspecified atom stereocenters. The van der Waals surface area contributed by atoms with Gasteiger partial charge in [-0.3, -0.25) is 4.98 Å². The number of rotatable bonds is 4. The van der Waals surface area contributed by atoms with Crippen molar-refractivity contribution in [1.29, 1.82) is 0 Å². The fourth-order valence-corrected chi connectivity index (χ4v) is 5.15. The smallest absolute Gasteiger partial charge is 0.174 e. The van der Waals surface area contributed by atoms with Gasteiger partial charge in [0.15, 0.2) is 5.11 Å². The molecular formula is C27H25FN4S. The second-order valence-electron chi connectivity index (χ2n) is 8.47. The third kappa shape index (κ3) is 3.80. The van der Waals surface area contributed by atoms with Gasteiger partial charge in [0.25, 0.3) is 0 Å². The number of nitrogens with one attached hydrogen (secondary N) is 1. The minimum absolute atomic E-state index is 0.0883. The molecule has 2 aromatic heterocycles. The van der Waals surface area contributed by atoms with Gasteiger partial charge in [-0.1, -0.05) is 18.2 Å². The standard InChI is InChI=1S/C27H25FN4S/c1-17-7-6-8-22(15-17)32-26(25(30-27(32)33)24-9-4-5-14-29-24)23-16-18(2)31(19(23)3)21-12-10-20(28)11-13-21/h4-16,25-26H,1-3H3,(H,30,33)/t25-,26-/m0/s1. The molecule has 1 saturated heterocycles. The van der Waals surface area contributed by atoms with Gasteiger partial charge in [-0.15, -0.1) is 0 Å². The van der Waals surface area contributed by atoms with Crippen LogP contribution in [-0.4, -0.2) is 14.7 Å². The Balaban J connectivity index is 1.68. The molecule has 0 spiro atoms. The number of anilines is 1. The maximum Gasteiger partial charge on any atom is 0.174 e. The van der Waals surface area contributed by atoms with Crippen molar-refractivity contribution in [3.63, 3.8) is 0 Å². The molecule has 5 rings (SSSR count). The molecule has 3 heterocycles. The first-order chi connectivity index (χ1) is 15.9. The maximum atomic E-state index is 13.6. The highest BCUT2D eigenvalue weighted by Gasteiger charge is 2.42. The fraction of sp³-hybridized carbons (Fsp3) is 0.185. The average molecular weight is 457 g/mol. The van der Waals surface area contributed by atoms with Gasteiger partial charge in [0.2, 0.25) is 0 Å². The zero-order valence-electron chi connectivity index (χ0n) is 18.8. The molecular weight excluding hydrogens is 431 g/mol. The highest BCUT2D eigenvalue weighted by molar-refractivity contribution is 7.80. The van der Waals surface area contributed by atoms with E-state index in [0.717, 1.165) is 34.0 Å². The zero-order valence-corrected chi connectivity index (χ0v) is 19.6. The van der Waals surface area contributed by atoms with Crippen molar-refractivity contribution in [3.8, 4) is 5.69 Å². The number of pyridine rings is 1. The van der Waals surface area contributed by atoms with E-state index in [4.69, 9.17) is 12.2 Å². The summed E-state index contributed by atoms with van der Waals surface area (Å²) in [6, 6.07) is 23.0. The number of nitrogens with zero attached hydrogens (tertiary/aromatic N) is 3. The number of benzene rings is 2. The largest absolute Gasteiger partial charge is 0.351 e. The van der Waals surface area contributed by atoms with Crippen LogP contribution in [0.2, 0.25) is 0 Å². The molecule has 2 atom stereocenters. The molecule has 0 aliphatic carbocycles. The van der Waals surface area contributed by atoms with Crippen molar-refractivity contribution in [2.75, 3.05) is 4.90 Å². The highest BCUT2D eigenvalue weighted by atomic mass is 32.1. The number of aryl methyl sites for hydroxylation is 2. The van der Waals surface area contributed by atoms with E-state index in [9.17, 15) is 4.39 Å². The van der Waals surface area contributed by atoms with E-state index in [0.29, 0.717) is 5.11 Å². The lowest BCUT2D eigenvalue weighted by atomic mass is 9.96. The summed E-state index contributed by atoms with van der Waals surface area (Å²) in [5.74, 6) is -0.243. The van der Waals surface area contributed by atoms with Gasteiger partial charge >= 0.3 is 0 Å². The van der Waals surface area contributed by atoms with Crippen LogP contribution in [0, 0.1) is 26.6 Å². The topological polar surface area (TPSA) is 33.1 Å². The minimum atomic E-state index is -0.243. The van der Waals surface area contributed by atoms with Gasteiger partial charge in [0.1, 0.15) is 5.82 Å². The van der Waals surface area contributed by atoms with Crippen LogP contribution >= 0.6 is 12.2 Å². The van der Waals surface area contributed by atoms with Gasteiger partial charge < -0.3 is 14.8 Å². The number of thiocarbonyl (C=S) groups is 1. The lowest BCUT2D eigenvalue weighted by molar-refractivity contribution is 0.565. The molecule has 6 heteroatoms. The maximum absolute atomic E-state index is 13.6. The molecule has 4 nitrogen and oxygen atoms in total. The normalized spacial score (nSPS) is 17.9. The fourth-order valence-electron chi connectivity index (χ4n) is 4.80. The first-order valence-corrected chi connectivity index (χ1v) is 11.4. The quantitative estimate of drug-likeness (QED) is 0.376. The van der Waals surface area contributed by atoms with Gasteiger partial charge in [0, 0.05) is 29.0 Å². The first-order valence-electron chi connectivity index (χ1n) is 11.0. The molecule has 33 heavy (non-hydrogen) atoms. The molecule has 0 bridgehead atoms. The summed E-state index contributed by atoms with van der Waals surface area (Å²) < 4.78 is 15.7. The van der Waals surface area contributed by atoms with E-state index in [1.807, 2.05) is 36.5 Å². The van der Waals surface area contributed by atoms with Crippen LogP contribution in [-0.2, 0) is 0 Å². The van der Waals surface area contributed by atoms with Crippen LogP contribution in [0.4, 0.5) is 10.1 Å². The van der Waals surface area contributed by atoms with E-state index < -0.39 is 0 Å². The van der Waals surface area contributed by atoms with Crippen molar-refractivity contribution in [2.45, 2.75) is 32.9 Å². The summed E-state index contributed by atoms with van der Waals surface area (Å²) in [7, 11) is 0. The SMILES string of the molecule is Cc1cccc(N2C(=S)N[C@@H](c3ccccn3)[C@@H]2c2cc(C)n(-c3ccc(F)cc3)c2C)c1. The van der Waals surface area contributed by atoms with E-state index >= 15 is 0 Å². The Bertz CT molecular complexity index is 1310. The molecule has 4 aromatic rings. The Hall–Kier alpha value is -3.51. The van der Waals surface area contributed by atoms with Gasteiger partial charge in [-0.25, -0.2) is 4.39 Å². The summed E-state index contributed by atoms with van der Waals surface area (Å²) >= 11 is 5.85. The predicted octanol–water partition coefficient (Wildman–Crippen LogP) is 6.11. The third-order valence-electron chi connectivity index (χ3n) is 6.25. The van der Waals surface area contributed by atoms with Crippen molar-refractivity contribution < 1.29 is 4.39 Å². The van der Waals surface area contributed by atoms with Crippen LogP contribution < -0.4 is 10.2 Å². The first kappa shape index (κ1) is 21.3. The van der Waals surface area contributed by atoms with Crippen LogP contribution in [0.1, 0.15) is 40.3 Å². The number of hydrogen-bond donors (Lipinski definition) is 1. The molecule has 0 saturated carbocycles. The lowest BCUT2D eigenvalue weighted by Crippen LogP contribution is -2.29. The molecule has 2 aromatic carbocycles. The van der Waals surface area contributed by atoms with Crippen LogP contribution in [0.25, 0.3) is 5.69 Å². The van der Waals surface area contributed by atoms with E-state index in [1.165, 1.54) is 17.7 Å². The highest BCUT2D eigenvalue weighted by Crippen LogP contribution is 2.43. The lowest BCUT2D eigenvalue weighted by Gasteiger charge is -2.28. The van der Waals surface area contributed by atoms with Crippen molar-refractivity contribution in [1.82, 2.24) is 14.9 Å². The second kappa shape index (κ2) is 8.45. The van der Waals surface area contributed by atoms with Gasteiger partial charge in [-0.2, -0.15) is 0 Å². The summed E-state index contributed by atoms with van der Waals surface area (Å²) in [5, 5.41) is 4.20. The molecule has 0 amide bonds. The summed E-state index contributed by atoms with van der Waals surface area (Å²) in [5.41, 5.74) is 7.41. The van der Waals surface area contributed by atoms with Crippen LogP contribution in [0.15, 0.2) is 79.0 Å². The van der Waals surface area contributed by atoms with Crippen LogP contribution in [0.3, 0.4) is 0 Å². The Morgan fingerprint density at radius 3 is 2.39 bits per heavy atom. The van der Waals surface area contributed by atoms with Gasteiger partial charge in [-0.05, 0) is 98.7 Å². The Morgan fingerprint density at radius 2 is 1.70 bits per heavy atom. The molecule has 166 valence electrons. The molecule has 1 aliphatic rings. The number of hydrogen-bond acceptors (Lipinski definition) is 2. The zero-order chi connectivity index (χ0) is 23.1. The van der Waals surface area contributed by atoms with E-state index in [1.54, 1.807) is 0 Å². The monoisotopic (exact) mass is 456 g/mol. The number of aromatic nitrogens is 2. The molecule has 1 aliphatic heterocycles. The predicted molar refractivity (Wildman–Crippen MR) is 134 cm³/mol. The summed E-state index contributed by atoms with van der Waals surface area (Å²) in [6.45, 7) is 6.27. The Labute approximate surface area is 198 Å². The van der Waals surface area contributed by atoms with E-state index in [2.05, 4.69) is 70.9 Å². The minimum Gasteiger partial charge on any atom is -0.351 e. The van der Waals surface area contributed by atoms with Crippen molar-refractivity contribution in [2.24, 2.45) is 0 Å². The van der Waals surface area contributed by atoms with Crippen LogP contribution in [0.5, 0.6) is 0 Å². The molecule has 0 radical (unpaired) electrons. The Morgan fingerprint density at radius 1 is 0.909 bits per heavy atom. The van der Waals surface area contributed by atoms with E-state index in [-0.39, 0.29) is 17.9 Å².